The minimum absolute atomic E-state index is 0.0871. The topological polar surface area (TPSA) is 68.2 Å². The molecule has 0 bridgehead atoms. The highest BCUT2D eigenvalue weighted by Gasteiger charge is 2.24. The number of unbranched alkanes of at least 4 members (excludes halogenated alkanes) is 2. The van der Waals surface area contributed by atoms with Gasteiger partial charge in [-0.15, -0.1) is 0 Å². The Morgan fingerprint density at radius 1 is 1.20 bits per heavy atom. The Hall–Kier alpha value is -2.14. The second kappa shape index (κ2) is 8.81. The van der Waals surface area contributed by atoms with Crippen molar-refractivity contribution in [2.24, 2.45) is 5.73 Å². The molecule has 0 aliphatic carbocycles. The Kier molecular flexibility index (Phi) is 6.76. The number of nitrogens with zero attached hydrogens (tertiary/aromatic N) is 1. The third kappa shape index (κ3) is 4.28. The highest BCUT2D eigenvalue weighted by Crippen LogP contribution is 2.34. The molecule has 5 heteroatoms. The number of benzene rings is 1. The van der Waals surface area contributed by atoms with Crippen molar-refractivity contribution in [1.82, 2.24) is 4.57 Å². The Bertz CT molecular complexity index is 720. The van der Waals surface area contributed by atoms with Crippen molar-refractivity contribution in [2.75, 3.05) is 6.61 Å². The fourth-order valence-corrected chi connectivity index (χ4v) is 3.36. The van der Waals surface area contributed by atoms with Gasteiger partial charge in [-0.05, 0) is 43.9 Å². The largest absolute Gasteiger partial charge is 0.396 e. The van der Waals surface area contributed by atoms with Crippen LogP contribution in [0.2, 0.25) is 0 Å². The maximum atomic E-state index is 13.3. The maximum absolute atomic E-state index is 13.3. The number of aromatic nitrogens is 1. The number of carbonyl (C=O) groups is 1. The van der Waals surface area contributed by atoms with E-state index in [0.717, 1.165) is 48.2 Å². The number of hydrogen-bond acceptors (Lipinski definition) is 2. The number of aliphatic hydroxyl groups excluding tert-OH is 1. The Balaban J connectivity index is 2.62. The molecule has 2 rings (SSSR count). The predicted molar refractivity (Wildman–Crippen MR) is 98.0 cm³/mol. The van der Waals surface area contributed by atoms with Crippen LogP contribution in [0.5, 0.6) is 0 Å². The molecule has 0 aliphatic heterocycles. The first-order valence-electron chi connectivity index (χ1n) is 8.89. The van der Waals surface area contributed by atoms with Crippen molar-refractivity contribution in [2.45, 2.75) is 52.5 Å². The average molecular weight is 346 g/mol. The van der Waals surface area contributed by atoms with Crippen LogP contribution < -0.4 is 5.73 Å². The van der Waals surface area contributed by atoms with Crippen LogP contribution in [0.1, 0.15) is 54.4 Å². The van der Waals surface area contributed by atoms with Gasteiger partial charge in [0.25, 0.3) is 5.91 Å². The number of halogens is 1. The lowest BCUT2D eigenvalue weighted by atomic mass is 9.97. The van der Waals surface area contributed by atoms with Crippen molar-refractivity contribution in [3.05, 3.63) is 47.0 Å². The fraction of sp³-hybridized carbons (Fsp3) is 0.450. The summed E-state index contributed by atoms with van der Waals surface area (Å²) in [6.45, 7) is 4.74. The van der Waals surface area contributed by atoms with E-state index in [9.17, 15) is 14.3 Å². The van der Waals surface area contributed by atoms with E-state index >= 15 is 0 Å². The van der Waals surface area contributed by atoms with Crippen LogP contribution in [0.4, 0.5) is 4.39 Å². The van der Waals surface area contributed by atoms with Gasteiger partial charge in [0.15, 0.2) is 0 Å². The molecule has 1 aromatic heterocycles. The lowest BCUT2D eigenvalue weighted by Gasteiger charge is -2.13. The molecule has 25 heavy (non-hydrogen) atoms. The lowest BCUT2D eigenvalue weighted by Crippen LogP contribution is -2.13. The average Bonchev–Trinajstić information content (AvgIpc) is 2.86. The monoisotopic (exact) mass is 346 g/mol. The van der Waals surface area contributed by atoms with Gasteiger partial charge >= 0.3 is 0 Å². The van der Waals surface area contributed by atoms with Crippen molar-refractivity contribution in [1.29, 1.82) is 0 Å². The summed E-state index contributed by atoms with van der Waals surface area (Å²) >= 11 is 0. The van der Waals surface area contributed by atoms with Gasteiger partial charge in [0.05, 0.1) is 5.56 Å². The van der Waals surface area contributed by atoms with E-state index in [4.69, 9.17) is 5.73 Å². The summed E-state index contributed by atoms with van der Waals surface area (Å²) in [4.78, 5) is 12.1. The lowest BCUT2D eigenvalue weighted by molar-refractivity contribution is 0.1000. The molecule has 3 N–H and O–H groups in total. The number of nitrogens with two attached hydrogens (primary N) is 1. The molecule has 0 aliphatic rings. The first-order valence-corrected chi connectivity index (χ1v) is 8.89. The summed E-state index contributed by atoms with van der Waals surface area (Å²) in [5.41, 5.74) is 9.63. The van der Waals surface area contributed by atoms with Crippen LogP contribution in [0.25, 0.3) is 11.1 Å². The summed E-state index contributed by atoms with van der Waals surface area (Å²) in [5, 5.41) is 9.21. The fourth-order valence-electron chi connectivity index (χ4n) is 3.36. The third-order valence-electron chi connectivity index (χ3n) is 4.57. The molecule has 0 fully saturated rings. The molecule has 136 valence electrons. The second-order valence-corrected chi connectivity index (χ2v) is 6.34. The van der Waals surface area contributed by atoms with Crippen LogP contribution in [0.15, 0.2) is 24.3 Å². The van der Waals surface area contributed by atoms with Gasteiger partial charge in [-0.2, -0.15) is 0 Å². The number of primary amides is 1. The smallest absolute Gasteiger partial charge is 0.251 e. The Morgan fingerprint density at radius 2 is 1.88 bits per heavy atom. The normalized spacial score (nSPS) is 11.0. The van der Waals surface area contributed by atoms with Crippen molar-refractivity contribution in [3.63, 3.8) is 0 Å². The zero-order chi connectivity index (χ0) is 18.4. The Morgan fingerprint density at radius 3 is 2.44 bits per heavy atom. The van der Waals surface area contributed by atoms with E-state index in [-0.39, 0.29) is 12.4 Å². The number of carbonyl (C=O) groups excluding carboxylic acids is 1. The van der Waals surface area contributed by atoms with Crippen LogP contribution in [-0.2, 0) is 13.0 Å². The van der Waals surface area contributed by atoms with Crippen LogP contribution in [0, 0.1) is 12.7 Å². The molecule has 1 heterocycles. The summed E-state index contributed by atoms with van der Waals surface area (Å²) in [5.74, 6) is -0.787. The van der Waals surface area contributed by atoms with E-state index in [1.807, 2.05) is 6.92 Å². The van der Waals surface area contributed by atoms with Gasteiger partial charge in [-0.1, -0.05) is 31.9 Å². The van der Waals surface area contributed by atoms with E-state index < -0.39 is 5.91 Å². The van der Waals surface area contributed by atoms with Crippen LogP contribution >= 0.6 is 0 Å². The highest BCUT2D eigenvalue weighted by molar-refractivity contribution is 6.02. The molecule has 0 spiro atoms. The third-order valence-corrected chi connectivity index (χ3v) is 4.57. The molecule has 2 aromatic rings. The van der Waals surface area contributed by atoms with E-state index in [1.165, 1.54) is 12.1 Å². The van der Waals surface area contributed by atoms with Crippen LogP contribution in [0.3, 0.4) is 0 Å². The molecular formula is C20H27FN2O2. The molecule has 4 nitrogen and oxygen atoms in total. The molecule has 0 unspecified atom stereocenters. The number of aliphatic hydroxyl groups is 1. The molecule has 1 aromatic carbocycles. The van der Waals surface area contributed by atoms with Gasteiger partial charge in [0, 0.05) is 30.1 Å². The molecule has 0 saturated heterocycles. The summed E-state index contributed by atoms with van der Waals surface area (Å²) in [6, 6.07) is 6.18. The molecule has 0 saturated carbocycles. The molecule has 0 atom stereocenters. The molecule has 0 radical (unpaired) electrons. The first kappa shape index (κ1) is 19.2. The van der Waals surface area contributed by atoms with Crippen molar-refractivity contribution in [3.8, 4) is 11.1 Å². The summed E-state index contributed by atoms with van der Waals surface area (Å²) < 4.78 is 15.4. The number of amides is 1. The van der Waals surface area contributed by atoms with Gasteiger partial charge in [0.1, 0.15) is 5.82 Å². The Labute approximate surface area is 148 Å². The van der Waals surface area contributed by atoms with E-state index in [2.05, 4.69) is 11.5 Å². The minimum Gasteiger partial charge on any atom is -0.396 e. The first-order chi connectivity index (χ1) is 12.0. The van der Waals surface area contributed by atoms with Crippen molar-refractivity contribution < 1.29 is 14.3 Å². The predicted octanol–water partition coefficient (Wildman–Crippen LogP) is 3.82. The molecule has 1 amide bonds. The number of hydrogen-bond donors (Lipinski definition) is 2. The van der Waals surface area contributed by atoms with E-state index in [1.54, 1.807) is 12.1 Å². The second-order valence-electron chi connectivity index (χ2n) is 6.34. The quantitative estimate of drug-likeness (QED) is 0.678. The van der Waals surface area contributed by atoms with Gasteiger partial charge < -0.3 is 15.4 Å². The van der Waals surface area contributed by atoms with Gasteiger partial charge in [-0.25, -0.2) is 4.39 Å². The van der Waals surface area contributed by atoms with E-state index in [0.29, 0.717) is 18.5 Å². The zero-order valence-electron chi connectivity index (χ0n) is 15.0. The van der Waals surface area contributed by atoms with Crippen molar-refractivity contribution >= 4 is 5.91 Å². The minimum atomic E-state index is -0.476. The summed E-state index contributed by atoms with van der Waals surface area (Å²) in [6.07, 6.45) is 4.63. The number of rotatable bonds is 9. The highest BCUT2D eigenvalue weighted by atomic mass is 19.1. The van der Waals surface area contributed by atoms with Gasteiger partial charge in [-0.3, -0.25) is 4.79 Å². The summed E-state index contributed by atoms with van der Waals surface area (Å²) in [7, 11) is 0. The SMILES string of the molecule is CCCCCc1c(-c2ccc(F)cc2)c(C(N)=O)c(C)n1CCCO. The molecular weight excluding hydrogens is 319 g/mol. The maximum Gasteiger partial charge on any atom is 0.251 e. The van der Waals surface area contributed by atoms with Gasteiger partial charge in [0.2, 0.25) is 0 Å². The standard InChI is InChI=1S/C20H27FN2O2/c1-3-4-5-7-17-19(15-8-10-16(21)11-9-15)18(20(22)25)14(2)23(17)12-6-13-24/h8-11,24H,3-7,12-13H2,1-2H3,(H2,22,25). The zero-order valence-corrected chi connectivity index (χ0v) is 15.0. The van der Waals surface area contributed by atoms with Crippen LogP contribution in [-0.4, -0.2) is 22.2 Å².